The number of rotatable bonds is 8. The molecule has 594 valence electrons. The van der Waals surface area contributed by atoms with Gasteiger partial charge in [-0.05, 0) is 77.8 Å². The lowest BCUT2D eigenvalue weighted by molar-refractivity contribution is 0.0988. The summed E-state index contributed by atoms with van der Waals surface area (Å²) in [5, 5.41) is 0. The van der Waals surface area contributed by atoms with Gasteiger partial charge in [0, 0.05) is 24.8 Å². The van der Waals surface area contributed by atoms with E-state index in [1.54, 1.807) is 24.3 Å². The van der Waals surface area contributed by atoms with Gasteiger partial charge in [-0.3, -0.25) is 4.79 Å². The fraction of sp³-hybridized carbons (Fsp3) is 0.622. The fourth-order valence-corrected chi connectivity index (χ4v) is 4.94. The van der Waals surface area contributed by atoms with Crippen LogP contribution in [0.25, 0.3) is 0 Å². The molecule has 0 aliphatic heterocycles. The molecule has 0 unspecified atom stereocenters. The molecule has 1 saturated carbocycles. The van der Waals surface area contributed by atoms with E-state index in [1.165, 1.54) is 107 Å². The Labute approximate surface area is 636 Å². The van der Waals surface area contributed by atoms with E-state index in [0.29, 0.717) is 6.42 Å². The Kier molecular flexibility index (Phi) is 317. The maximum atomic E-state index is 11.0. The third-order valence-electron chi connectivity index (χ3n) is 8.91. The van der Waals surface area contributed by atoms with Crippen LogP contribution in [0.1, 0.15) is 413 Å². The van der Waals surface area contributed by atoms with Gasteiger partial charge >= 0.3 is 0 Å². The van der Waals surface area contributed by atoms with E-state index < -0.39 is 0 Å². The lowest BCUT2D eigenvalue weighted by atomic mass is 9.91. The molecular weight excluding hydrogens is 1190 g/mol. The summed E-state index contributed by atoms with van der Waals surface area (Å²) in [4.78, 5) is 11.0. The van der Waals surface area contributed by atoms with Crippen LogP contribution in [0.4, 0.5) is 0 Å². The van der Waals surface area contributed by atoms with Crippen LogP contribution in [0.3, 0.4) is 0 Å². The molecule has 0 N–H and O–H groups in total. The highest BCUT2D eigenvalue weighted by Crippen LogP contribution is 2.22. The Morgan fingerprint density at radius 1 is 0.394 bits per heavy atom. The largest absolute Gasteiger partial charge is 0.294 e. The molecule has 0 radical (unpaired) electrons. The maximum absolute atomic E-state index is 11.0. The van der Waals surface area contributed by atoms with Gasteiger partial charge in [0.2, 0.25) is 0 Å². The summed E-state index contributed by atoms with van der Waals surface area (Å²) in [6.07, 6.45) is 36.4. The van der Waals surface area contributed by atoms with Crippen molar-refractivity contribution in [2.24, 2.45) is 5.92 Å². The van der Waals surface area contributed by atoms with Crippen LogP contribution in [0.15, 0.2) is 184 Å². The molecule has 0 amide bonds. The molecule has 4 aromatic rings. The van der Waals surface area contributed by atoms with Gasteiger partial charge in [-0.25, -0.2) is 0 Å². The summed E-state index contributed by atoms with van der Waals surface area (Å²) in [6.45, 7) is 93.7. The van der Waals surface area contributed by atoms with Gasteiger partial charge in [0.15, 0.2) is 5.78 Å². The Hall–Kier alpha value is -5.19. The first-order valence-corrected chi connectivity index (χ1v) is 40.5. The fourth-order valence-electron chi connectivity index (χ4n) is 4.94. The molecule has 1 nitrogen and oxygen atoms in total. The number of aryl methyl sites for hydroxylation is 3. The summed E-state index contributed by atoms with van der Waals surface area (Å²) in [5.41, 5.74) is 4.95. The van der Waals surface area contributed by atoms with E-state index >= 15 is 0 Å². The number of unbranched alkanes of at least 4 members (excludes halogenated alkanes) is 3. The van der Waals surface area contributed by atoms with Gasteiger partial charge in [0.1, 0.15) is 0 Å². The van der Waals surface area contributed by atoms with Gasteiger partial charge in [0.25, 0.3) is 0 Å². The van der Waals surface area contributed by atoms with Crippen molar-refractivity contribution in [3.05, 3.63) is 206 Å². The number of allylic oxidation sites excluding steroid dienone is 6. The number of carbonyl (C=O) groups excluding carboxylic acids is 1. The van der Waals surface area contributed by atoms with Crippen molar-refractivity contribution in [3.63, 3.8) is 0 Å². The van der Waals surface area contributed by atoms with E-state index in [2.05, 4.69) is 243 Å². The minimum absolute atomic E-state index is 0. The topological polar surface area (TPSA) is 17.1 Å². The lowest BCUT2D eigenvalue weighted by Crippen LogP contribution is -1.99. The molecule has 1 fully saturated rings. The molecule has 0 saturated heterocycles. The highest BCUT2D eigenvalue weighted by Gasteiger charge is 2.06. The van der Waals surface area contributed by atoms with Crippen LogP contribution in [0.5, 0.6) is 0 Å². The van der Waals surface area contributed by atoms with Gasteiger partial charge in [0.05, 0.1) is 0 Å². The zero-order valence-electron chi connectivity index (χ0n) is 75.5. The third-order valence-corrected chi connectivity index (χ3v) is 8.91. The average molecular weight is 1390 g/mol. The Morgan fingerprint density at radius 3 is 0.737 bits per heavy atom. The Balaban J connectivity index is -0.0000000373. The molecule has 1 aliphatic carbocycles. The van der Waals surface area contributed by atoms with E-state index in [-0.39, 0.29) is 13.2 Å². The molecule has 5 rings (SSSR count). The smallest absolute Gasteiger partial charge is 0.162 e. The number of carbonyl (C=O) groups is 1. The molecule has 1 aliphatic rings. The van der Waals surface area contributed by atoms with Crippen LogP contribution in [0.2, 0.25) is 0 Å². The minimum atomic E-state index is 0. The zero-order chi connectivity index (χ0) is 81.4. The molecule has 0 atom stereocenters. The van der Waals surface area contributed by atoms with Crippen molar-refractivity contribution in [2.45, 2.75) is 406 Å². The molecule has 4 aromatic carbocycles. The molecule has 0 spiro atoms. The number of benzene rings is 4. The summed E-state index contributed by atoms with van der Waals surface area (Å²) in [7, 11) is 0. The average Bonchev–Trinajstić information content (AvgIpc) is 1.24. The number of ketones is 1. The first-order valence-electron chi connectivity index (χ1n) is 40.5. The van der Waals surface area contributed by atoms with Gasteiger partial charge in [-0.1, -0.05) is 489 Å². The van der Waals surface area contributed by atoms with Crippen LogP contribution in [-0.2, 0) is 12.8 Å². The predicted octanol–water partition coefficient (Wildman–Crippen LogP) is 37.4. The summed E-state index contributed by atoms with van der Waals surface area (Å²) in [6, 6.07) is 40.5. The highest BCUT2D eigenvalue weighted by molar-refractivity contribution is 5.95. The van der Waals surface area contributed by atoms with Crippen LogP contribution >= 0.6 is 0 Å². The number of Topliss-reactive ketones (excluding diaryl/α,β-unsaturated/α-hetero) is 1. The molecule has 0 bridgehead atoms. The summed E-state index contributed by atoms with van der Waals surface area (Å²) >= 11 is 0. The van der Waals surface area contributed by atoms with Crippen molar-refractivity contribution in [1.82, 2.24) is 0 Å². The van der Waals surface area contributed by atoms with Crippen LogP contribution < -0.4 is 0 Å². The van der Waals surface area contributed by atoms with Gasteiger partial charge in [-0.2, -0.15) is 0 Å². The summed E-state index contributed by atoms with van der Waals surface area (Å²) in [5.74, 6) is 7.14. The Morgan fingerprint density at radius 2 is 0.626 bits per heavy atom. The second kappa shape index (κ2) is 212. The third kappa shape index (κ3) is 274. The second-order valence-corrected chi connectivity index (χ2v) is 19.1. The van der Waals surface area contributed by atoms with Crippen molar-refractivity contribution in [2.75, 3.05) is 0 Å². The second-order valence-electron chi connectivity index (χ2n) is 19.1. The molecular formula is C98H196O. The van der Waals surface area contributed by atoms with E-state index in [0.717, 1.165) is 43.6 Å². The molecule has 0 aromatic heterocycles. The molecule has 99 heavy (non-hydrogen) atoms. The highest BCUT2D eigenvalue weighted by atomic mass is 16.1. The van der Waals surface area contributed by atoms with Crippen LogP contribution in [-0.4, -0.2) is 5.78 Å². The SMILES string of the molecule is C.C/C=C/CC.C=CC.C=CC.C=CC.C=CC.CC.CC.CC.CC.CC.CC.CC.CC1CCCCC1.CCC.CCC.CCC.CCC.CCC#CCC.CCC(=O)c1ccccc1.CCCC.CCCCC.CCc1ccccc1.CCc1ccccc1.Cc1ccccc1. The first-order chi connectivity index (χ1) is 47.5. The van der Waals surface area contributed by atoms with Crippen LogP contribution in [0, 0.1) is 24.7 Å². The zero-order valence-corrected chi connectivity index (χ0v) is 75.5. The first kappa shape index (κ1) is 148. The van der Waals surface area contributed by atoms with Gasteiger partial charge in [-0.15, -0.1) is 38.2 Å². The minimum Gasteiger partial charge on any atom is -0.294 e. The van der Waals surface area contributed by atoms with Crippen molar-refractivity contribution in [1.29, 1.82) is 0 Å². The van der Waals surface area contributed by atoms with Crippen molar-refractivity contribution < 1.29 is 4.79 Å². The predicted molar refractivity (Wildman–Crippen MR) is 489 cm³/mol. The normalized spacial score (nSPS) is 8.11. The van der Waals surface area contributed by atoms with E-state index in [1.807, 2.05) is 199 Å². The van der Waals surface area contributed by atoms with E-state index in [4.69, 9.17) is 0 Å². The Bertz CT molecular complexity index is 1600. The van der Waals surface area contributed by atoms with Crippen molar-refractivity contribution >= 4 is 5.78 Å². The lowest BCUT2D eigenvalue weighted by Gasteiger charge is -2.15. The number of hydrogen-bond acceptors (Lipinski definition) is 1. The summed E-state index contributed by atoms with van der Waals surface area (Å²) < 4.78 is 0. The molecule has 0 heterocycles. The standard InChI is InChI=1S/C9H10O.2C8H10.C7H14.C7H8.C6H10.C5H12.C5H10.C4H10.4C3H8.4C3H6.7C2H6.CH4/c1-2-9(10)8-6-4-3-5-7-8;2*1-2-8-6-4-3-5-7-8;2*1-7-5-3-2-4-6-7;1-3-5-6-4-2;2*1-3-5-4-2;1-3-4-2;8*1-3-2;7*1-2;/h3-7H,2H2,1H3;2*3-7H,2H2,1H3;7H,2-6H2,1H3;2-6H,1H3;3-4H2,1-2H3;3-5H2,1-2H3;3,5H,4H2,1-2H3;3-4H2,1-2H3;4*3H2,1-2H3;4*3H,1H2,2H3;7*1-2H3;1H4/b;;;;;;;5-3+;;;;;;;;;;;;;;;;;. The monoisotopic (exact) mass is 1390 g/mol. The van der Waals surface area contributed by atoms with Gasteiger partial charge < -0.3 is 0 Å². The molecule has 1 heteroatoms. The quantitative estimate of drug-likeness (QED) is 0.0976. The van der Waals surface area contributed by atoms with E-state index in [9.17, 15) is 4.79 Å². The van der Waals surface area contributed by atoms with Crippen molar-refractivity contribution in [3.8, 4) is 11.8 Å². The maximum Gasteiger partial charge on any atom is 0.162 e. The number of hydrogen-bond donors (Lipinski definition) is 0.